The van der Waals surface area contributed by atoms with Crippen LogP contribution < -0.4 is 22.1 Å². The van der Waals surface area contributed by atoms with E-state index in [4.69, 9.17) is 16.2 Å². The van der Waals surface area contributed by atoms with Gasteiger partial charge in [-0.15, -0.1) is 0 Å². The Bertz CT molecular complexity index is 1410. The highest BCUT2D eigenvalue weighted by atomic mass is 16.6. The number of nitrogens with two attached hydrogens (primary N) is 2. The van der Waals surface area contributed by atoms with Gasteiger partial charge in [0, 0.05) is 25.3 Å². The third-order valence-electron chi connectivity index (χ3n) is 8.63. The zero-order chi connectivity index (χ0) is 30.4. The van der Waals surface area contributed by atoms with Gasteiger partial charge >= 0.3 is 6.09 Å². The standard InChI is InChI=1S/C29H34N8O6/c30-25-34-24-20(15-36-22(38)11-12-23(36)39)33-26(31)37-16-21(29(41,42)28(24,37)35-25)43-27(40)32-14-13-19(17-7-3-1-4-8-17)18-9-5-2-6-10-18/h1-10,19-21,24,41-42H,11-16H2,(H2,31,33)(H,32,40)(H3,30,34,35)/t20-,21-,24-,28-/m0/s1. The van der Waals surface area contributed by atoms with Crippen LogP contribution in [0.5, 0.6) is 0 Å². The highest BCUT2D eigenvalue weighted by Crippen LogP contribution is 2.46. The zero-order valence-electron chi connectivity index (χ0n) is 23.3. The Hall–Kier alpha value is -4.69. The molecule has 2 aromatic rings. The molecular formula is C29H34N8O6. The van der Waals surface area contributed by atoms with Gasteiger partial charge < -0.3 is 42.0 Å². The maximum absolute atomic E-state index is 13.0. The number of carbonyl (C=O) groups is 3. The molecule has 6 rings (SSSR count). The van der Waals surface area contributed by atoms with E-state index in [0.29, 0.717) is 6.42 Å². The number of aliphatic imine (C=N–C) groups is 2. The van der Waals surface area contributed by atoms with Gasteiger partial charge in [-0.1, -0.05) is 60.7 Å². The van der Waals surface area contributed by atoms with E-state index < -0.39 is 35.7 Å². The Labute approximate surface area is 247 Å². The number of likely N-dealkylation sites (tertiary alicyclic amines) is 1. The molecule has 0 unspecified atom stereocenters. The molecule has 0 bridgehead atoms. The summed E-state index contributed by atoms with van der Waals surface area (Å²) < 4.78 is 5.55. The molecule has 4 heterocycles. The first-order valence-electron chi connectivity index (χ1n) is 14.2. The average molecular weight is 591 g/mol. The van der Waals surface area contributed by atoms with Crippen molar-refractivity contribution < 1.29 is 29.3 Å². The van der Waals surface area contributed by atoms with Gasteiger partial charge in [-0.2, -0.15) is 0 Å². The Kier molecular flexibility index (Phi) is 7.18. The first kappa shape index (κ1) is 28.4. The SMILES string of the molecule is NC1=N[C@H]2[C@H](CN3C(=O)CCC3=O)N=C(N)N3C[C@H](OC(=O)NCCC(c4ccccc4)c4ccccc4)C(O)(O)[C@]23N1. The highest BCUT2D eigenvalue weighted by Gasteiger charge is 2.74. The summed E-state index contributed by atoms with van der Waals surface area (Å²) in [5.74, 6) is -3.66. The molecule has 2 saturated heterocycles. The molecule has 0 radical (unpaired) electrons. The van der Waals surface area contributed by atoms with Crippen LogP contribution in [0.25, 0.3) is 0 Å². The van der Waals surface area contributed by atoms with Gasteiger partial charge in [0.05, 0.1) is 19.1 Å². The normalized spacial score (nSPS) is 27.4. The van der Waals surface area contributed by atoms with E-state index in [2.05, 4.69) is 20.6 Å². The van der Waals surface area contributed by atoms with Crippen LogP contribution in [0.3, 0.4) is 0 Å². The first-order valence-corrected chi connectivity index (χ1v) is 14.2. The van der Waals surface area contributed by atoms with E-state index >= 15 is 0 Å². The summed E-state index contributed by atoms with van der Waals surface area (Å²) in [7, 11) is 0. The van der Waals surface area contributed by atoms with E-state index in [1.54, 1.807) is 0 Å². The van der Waals surface area contributed by atoms with Crippen LogP contribution in [0.15, 0.2) is 70.6 Å². The van der Waals surface area contributed by atoms with Gasteiger partial charge in [0.25, 0.3) is 0 Å². The minimum Gasteiger partial charge on any atom is -0.438 e. The molecule has 14 heteroatoms. The van der Waals surface area contributed by atoms with Crippen LogP contribution in [-0.4, -0.2) is 99.1 Å². The number of amides is 3. The summed E-state index contributed by atoms with van der Waals surface area (Å²) in [6.45, 7) is -0.143. The number of hydrogen-bond donors (Lipinski definition) is 6. The van der Waals surface area contributed by atoms with Crippen molar-refractivity contribution in [1.29, 1.82) is 0 Å². The number of nitrogens with one attached hydrogen (secondary N) is 2. The first-order chi connectivity index (χ1) is 20.6. The largest absolute Gasteiger partial charge is 0.438 e. The molecule has 3 amide bonds. The smallest absolute Gasteiger partial charge is 0.407 e. The number of hydrogen-bond acceptors (Lipinski definition) is 12. The molecule has 0 aromatic heterocycles. The number of ether oxygens (including phenoxy) is 1. The molecule has 4 aliphatic rings. The van der Waals surface area contributed by atoms with E-state index in [1.807, 2.05) is 60.7 Å². The number of carbonyl (C=O) groups excluding carboxylic acids is 3. The predicted molar refractivity (Wildman–Crippen MR) is 154 cm³/mol. The van der Waals surface area contributed by atoms with Gasteiger partial charge in [0.15, 0.2) is 23.7 Å². The quantitative estimate of drug-likeness (QED) is 0.165. The average Bonchev–Trinajstić information content (AvgIpc) is 3.59. The fourth-order valence-electron chi connectivity index (χ4n) is 6.57. The lowest BCUT2D eigenvalue weighted by Crippen LogP contribution is -2.77. The van der Waals surface area contributed by atoms with Crippen molar-refractivity contribution in [3.63, 3.8) is 0 Å². The number of imide groups is 1. The topological polar surface area (TPSA) is 208 Å². The minimum absolute atomic E-state index is 0.0164. The van der Waals surface area contributed by atoms with Crippen LogP contribution in [-0.2, 0) is 14.3 Å². The Balaban J connectivity index is 1.16. The molecule has 0 aliphatic carbocycles. The molecular weight excluding hydrogens is 556 g/mol. The second kappa shape index (κ2) is 10.9. The minimum atomic E-state index is -2.74. The Morgan fingerprint density at radius 2 is 1.63 bits per heavy atom. The Morgan fingerprint density at radius 3 is 2.23 bits per heavy atom. The fraction of sp³-hybridized carbons (Fsp3) is 0.414. The number of nitrogens with zero attached hydrogens (tertiary/aromatic N) is 4. The second-order valence-electron chi connectivity index (χ2n) is 11.1. The number of aliphatic hydroxyl groups is 2. The molecule has 2 aromatic carbocycles. The van der Waals surface area contributed by atoms with Crippen LogP contribution in [0.4, 0.5) is 4.79 Å². The summed E-state index contributed by atoms with van der Waals surface area (Å²) in [6, 6.07) is 17.9. The van der Waals surface area contributed by atoms with Gasteiger partial charge in [-0.3, -0.25) is 14.5 Å². The maximum Gasteiger partial charge on any atom is 0.407 e. The fourth-order valence-corrected chi connectivity index (χ4v) is 6.57. The summed E-state index contributed by atoms with van der Waals surface area (Å²) in [5.41, 5.74) is 12.6. The molecule has 4 aliphatic heterocycles. The molecule has 1 spiro atoms. The van der Waals surface area contributed by atoms with E-state index in [-0.39, 0.29) is 62.1 Å². The van der Waals surface area contributed by atoms with Gasteiger partial charge in [0.1, 0.15) is 6.04 Å². The van der Waals surface area contributed by atoms with Crippen LogP contribution >= 0.6 is 0 Å². The Morgan fingerprint density at radius 1 is 1.02 bits per heavy atom. The third-order valence-corrected chi connectivity index (χ3v) is 8.63. The van der Waals surface area contributed by atoms with Crippen molar-refractivity contribution in [2.75, 3.05) is 19.6 Å². The van der Waals surface area contributed by atoms with E-state index in [9.17, 15) is 24.6 Å². The summed E-state index contributed by atoms with van der Waals surface area (Å²) in [5, 5.41) is 28.6. The van der Waals surface area contributed by atoms with Gasteiger partial charge in [0.2, 0.25) is 17.6 Å². The van der Waals surface area contributed by atoms with Crippen molar-refractivity contribution in [2.45, 2.75) is 54.8 Å². The molecule has 4 atom stereocenters. The predicted octanol–water partition coefficient (Wildman–Crippen LogP) is -0.871. The van der Waals surface area contributed by atoms with Crippen molar-refractivity contribution in [2.24, 2.45) is 21.5 Å². The van der Waals surface area contributed by atoms with Crippen LogP contribution in [0.2, 0.25) is 0 Å². The molecule has 226 valence electrons. The maximum atomic E-state index is 13.0. The van der Waals surface area contributed by atoms with Gasteiger partial charge in [-0.25, -0.2) is 14.8 Å². The number of rotatable bonds is 8. The lowest BCUT2D eigenvalue weighted by molar-refractivity contribution is -0.256. The number of benzene rings is 2. The lowest BCUT2D eigenvalue weighted by Gasteiger charge is -2.48. The number of guanidine groups is 2. The second-order valence-corrected chi connectivity index (χ2v) is 11.1. The molecule has 2 fully saturated rings. The summed E-state index contributed by atoms with van der Waals surface area (Å²) in [4.78, 5) is 48.7. The van der Waals surface area contributed by atoms with Crippen molar-refractivity contribution in [1.82, 2.24) is 20.4 Å². The highest BCUT2D eigenvalue weighted by molar-refractivity contribution is 6.02. The third kappa shape index (κ3) is 4.81. The monoisotopic (exact) mass is 590 g/mol. The number of alkyl carbamates (subject to hydrolysis) is 1. The zero-order valence-corrected chi connectivity index (χ0v) is 23.3. The van der Waals surface area contributed by atoms with Gasteiger partial charge in [-0.05, 0) is 17.5 Å². The summed E-state index contributed by atoms with van der Waals surface area (Å²) in [6.07, 6.45) is -1.59. The van der Waals surface area contributed by atoms with E-state index in [0.717, 1.165) is 16.0 Å². The van der Waals surface area contributed by atoms with Crippen molar-refractivity contribution >= 4 is 29.8 Å². The molecule has 0 saturated carbocycles. The molecule has 8 N–H and O–H groups in total. The van der Waals surface area contributed by atoms with E-state index in [1.165, 1.54) is 4.90 Å². The lowest BCUT2D eigenvalue weighted by atomic mass is 9.85. The molecule has 14 nitrogen and oxygen atoms in total. The molecule has 43 heavy (non-hydrogen) atoms. The van der Waals surface area contributed by atoms with Crippen LogP contribution in [0.1, 0.15) is 36.3 Å². The van der Waals surface area contributed by atoms with Crippen LogP contribution in [0, 0.1) is 0 Å². The van der Waals surface area contributed by atoms with Crippen molar-refractivity contribution in [3.8, 4) is 0 Å². The van der Waals surface area contributed by atoms with Crippen molar-refractivity contribution in [3.05, 3.63) is 71.8 Å². The summed E-state index contributed by atoms with van der Waals surface area (Å²) >= 11 is 0.